The number of aromatic nitrogens is 5. The monoisotopic (exact) mass is 353 g/mol. The molecular formula is C17H12FN5OS. The molecule has 1 N–H and O–H groups in total. The highest BCUT2D eigenvalue weighted by Gasteiger charge is 2.12. The SMILES string of the molecule is Fc1ccccc1-c1nc(SCc2nnc(-c3ccccc3)o2)n[nH]1. The molecule has 4 aromatic rings. The van der Waals surface area contributed by atoms with Crippen LogP contribution in [0.1, 0.15) is 5.89 Å². The molecule has 2 aromatic heterocycles. The molecule has 0 saturated carbocycles. The second kappa shape index (κ2) is 6.86. The molecule has 0 atom stereocenters. The molecule has 0 saturated heterocycles. The van der Waals surface area contributed by atoms with E-state index in [1.807, 2.05) is 30.3 Å². The summed E-state index contributed by atoms with van der Waals surface area (Å²) in [7, 11) is 0. The van der Waals surface area contributed by atoms with Crippen molar-refractivity contribution in [3.05, 3.63) is 66.3 Å². The van der Waals surface area contributed by atoms with Gasteiger partial charge in [0.2, 0.25) is 16.9 Å². The van der Waals surface area contributed by atoms with Crippen molar-refractivity contribution in [2.24, 2.45) is 0 Å². The predicted octanol–water partition coefficient (Wildman–Crippen LogP) is 3.95. The van der Waals surface area contributed by atoms with Crippen LogP contribution in [-0.4, -0.2) is 25.4 Å². The summed E-state index contributed by atoms with van der Waals surface area (Å²) in [5, 5.41) is 15.4. The summed E-state index contributed by atoms with van der Waals surface area (Å²) in [4.78, 5) is 4.29. The minimum Gasteiger partial charge on any atom is -0.420 e. The lowest BCUT2D eigenvalue weighted by Crippen LogP contribution is -1.85. The number of hydrogen-bond donors (Lipinski definition) is 1. The lowest BCUT2D eigenvalue weighted by molar-refractivity contribution is 0.528. The zero-order chi connectivity index (χ0) is 17.1. The van der Waals surface area contributed by atoms with Gasteiger partial charge in [-0.2, -0.15) is 0 Å². The van der Waals surface area contributed by atoms with E-state index in [-0.39, 0.29) is 5.82 Å². The largest absolute Gasteiger partial charge is 0.420 e. The molecule has 0 aliphatic heterocycles. The van der Waals surface area contributed by atoms with Crippen LogP contribution in [0.2, 0.25) is 0 Å². The van der Waals surface area contributed by atoms with Gasteiger partial charge in [0.15, 0.2) is 5.82 Å². The summed E-state index contributed by atoms with van der Waals surface area (Å²) in [6.45, 7) is 0. The van der Waals surface area contributed by atoms with Gasteiger partial charge in [0.1, 0.15) is 5.82 Å². The number of halogens is 1. The van der Waals surface area contributed by atoms with Gasteiger partial charge >= 0.3 is 0 Å². The fourth-order valence-corrected chi connectivity index (χ4v) is 2.86. The van der Waals surface area contributed by atoms with E-state index in [1.54, 1.807) is 18.2 Å². The number of nitrogens with zero attached hydrogens (tertiary/aromatic N) is 4. The van der Waals surface area contributed by atoms with E-state index < -0.39 is 0 Å². The van der Waals surface area contributed by atoms with Crippen molar-refractivity contribution in [1.82, 2.24) is 25.4 Å². The molecule has 0 aliphatic carbocycles. The minimum atomic E-state index is -0.348. The Kier molecular flexibility index (Phi) is 4.26. The first-order chi connectivity index (χ1) is 12.3. The molecule has 0 bridgehead atoms. The Morgan fingerprint density at radius 2 is 1.80 bits per heavy atom. The molecule has 2 aromatic carbocycles. The van der Waals surface area contributed by atoms with E-state index in [2.05, 4.69) is 25.4 Å². The maximum Gasteiger partial charge on any atom is 0.247 e. The van der Waals surface area contributed by atoms with Crippen LogP contribution in [0.3, 0.4) is 0 Å². The molecule has 0 fully saturated rings. The van der Waals surface area contributed by atoms with Gasteiger partial charge in [-0.15, -0.1) is 15.3 Å². The molecular weight excluding hydrogens is 341 g/mol. The zero-order valence-corrected chi connectivity index (χ0v) is 13.7. The summed E-state index contributed by atoms with van der Waals surface area (Å²) < 4.78 is 19.4. The molecule has 0 spiro atoms. The summed E-state index contributed by atoms with van der Waals surface area (Å²) in [6.07, 6.45) is 0. The highest BCUT2D eigenvalue weighted by atomic mass is 32.2. The number of H-pyrrole nitrogens is 1. The average Bonchev–Trinajstić information content (AvgIpc) is 3.31. The second-order valence-corrected chi connectivity index (χ2v) is 6.04. The quantitative estimate of drug-likeness (QED) is 0.547. The van der Waals surface area contributed by atoms with Crippen LogP contribution in [0.4, 0.5) is 4.39 Å². The molecule has 8 heteroatoms. The van der Waals surface area contributed by atoms with Gasteiger partial charge in [-0.25, -0.2) is 9.37 Å². The minimum absolute atomic E-state index is 0.348. The topological polar surface area (TPSA) is 80.5 Å². The van der Waals surface area contributed by atoms with Crippen LogP contribution in [-0.2, 0) is 5.75 Å². The van der Waals surface area contributed by atoms with Gasteiger partial charge in [-0.05, 0) is 24.3 Å². The van der Waals surface area contributed by atoms with Crippen molar-refractivity contribution in [2.45, 2.75) is 10.9 Å². The van der Waals surface area contributed by atoms with Gasteiger partial charge in [-0.1, -0.05) is 42.1 Å². The van der Waals surface area contributed by atoms with E-state index in [0.717, 1.165) is 5.56 Å². The molecule has 4 rings (SSSR count). The highest BCUT2D eigenvalue weighted by Crippen LogP contribution is 2.25. The Morgan fingerprint density at radius 1 is 1.00 bits per heavy atom. The smallest absolute Gasteiger partial charge is 0.247 e. The van der Waals surface area contributed by atoms with Crippen molar-refractivity contribution in [3.63, 3.8) is 0 Å². The highest BCUT2D eigenvalue weighted by molar-refractivity contribution is 7.98. The average molecular weight is 353 g/mol. The van der Waals surface area contributed by atoms with Crippen LogP contribution < -0.4 is 0 Å². The second-order valence-electron chi connectivity index (χ2n) is 5.10. The molecule has 124 valence electrons. The number of benzene rings is 2. The summed E-state index contributed by atoms with van der Waals surface area (Å²) in [6, 6.07) is 16.0. The van der Waals surface area contributed by atoms with Gasteiger partial charge in [0, 0.05) is 5.56 Å². The summed E-state index contributed by atoms with van der Waals surface area (Å²) in [5.74, 6) is 1.41. The van der Waals surface area contributed by atoms with E-state index in [0.29, 0.717) is 34.1 Å². The lowest BCUT2D eigenvalue weighted by atomic mass is 10.2. The predicted molar refractivity (Wildman–Crippen MR) is 91.1 cm³/mol. The van der Waals surface area contributed by atoms with Crippen molar-refractivity contribution in [3.8, 4) is 22.8 Å². The summed E-state index contributed by atoms with van der Waals surface area (Å²) in [5.41, 5.74) is 1.25. The van der Waals surface area contributed by atoms with Gasteiger partial charge in [0.05, 0.1) is 11.3 Å². The third-order valence-electron chi connectivity index (χ3n) is 3.41. The molecule has 0 radical (unpaired) electrons. The molecule has 0 amide bonds. The third kappa shape index (κ3) is 3.43. The van der Waals surface area contributed by atoms with Crippen LogP contribution in [0, 0.1) is 5.82 Å². The van der Waals surface area contributed by atoms with Crippen LogP contribution in [0.25, 0.3) is 22.8 Å². The number of hydrogen-bond acceptors (Lipinski definition) is 6. The first kappa shape index (κ1) is 15.5. The van der Waals surface area contributed by atoms with E-state index >= 15 is 0 Å². The number of nitrogens with one attached hydrogen (secondary N) is 1. The molecule has 2 heterocycles. The fraction of sp³-hybridized carbons (Fsp3) is 0.0588. The molecule has 25 heavy (non-hydrogen) atoms. The number of rotatable bonds is 5. The Bertz CT molecular complexity index is 985. The number of aromatic amines is 1. The van der Waals surface area contributed by atoms with Crippen molar-refractivity contribution >= 4 is 11.8 Å². The van der Waals surface area contributed by atoms with E-state index in [9.17, 15) is 4.39 Å². The first-order valence-electron chi connectivity index (χ1n) is 7.47. The number of thioether (sulfide) groups is 1. The zero-order valence-electron chi connectivity index (χ0n) is 12.9. The Morgan fingerprint density at radius 3 is 2.64 bits per heavy atom. The Labute approximate surface area is 146 Å². The van der Waals surface area contributed by atoms with Gasteiger partial charge in [0.25, 0.3) is 0 Å². The Balaban J connectivity index is 1.44. The van der Waals surface area contributed by atoms with Crippen LogP contribution in [0.15, 0.2) is 64.2 Å². The summed E-state index contributed by atoms with van der Waals surface area (Å²) >= 11 is 1.33. The van der Waals surface area contributed by atoms with Crippen molar-refractivity contribution < 1.29 is 8.81 Å². The molecule has 0 aliphatic rings. The molecule has 6 nitrogen and oxygen atoms in total. The van der Waals surface area contributed by atoms with Crippen LogP contribution in [0.5, 0.6) is 0 Å². The third-order valence-corrected chi connectivity index (χ3v) is 4.24. The Hall–Kier alpha value is -3.00. The molecule has 0 unspecified atom stereocenters. The van der Waals surface area contributed by atoms with E-state index in [1.165, 1.54) is 17.8 Å². The van der Waals surface area contributed by atoms with Crippen LogP contribution >= 0.6 is 11.8 Å². The first-order valence-corrected chi connectivity index (χ1v) is 8.46. The normalized spacial score (nSPS) is 10.9. The van der Waals surface area contributed by atoms with E-state index in [4.69, 9.17) is 4.42 Å². The standard InChI is InChI=1S/C17H12FN5OS/c18-13-9-5-4-8-12(13)15-19-17(23-21-15)25-10-14-20-22-16(24-14)11-6-2-1-3-7-11/h1-9H,10H2,(H,19,21,23). The maximum absolute atomic E-state index is 13.8. The van der Waals surface area contributed by atoms with Gasteiger partial charge < -0.3 is 4.42 Å². The maximum atomic E-state index is 13.8. The van der Waals surface area contributed by atoms with Gasteiger partial charge in [-0.3, -0.25) is 5.10 Å². The van der Waals surface area contributed by atoms with Crippen molar-refractivity contribution in [2.75, 3.05) is 0 Å². The fourth-order valence-electron chi connectivity index (χ4n) is 2.22. The van der Waals surface area contributed by atoms with Crippen molar-refractivity contribution in [1.29, 1.82) is 0 Å². The lowest BCUT2D eigenvalue weighted by Gasteiger charge is -1.96.